The number of hydrogen-bond donors (Lipinski definition) is 2. The van der Waals surface area contributed by atoms with Crippen molar-refractivity contribution in [3.05, 3.63) is 23.7 Å². The number of rotatable bonds is 5. The molecule has 2 rings (SSSR count). The van der Waals surface area contributed by atoms with Gasteiger partial charge in [0.05, 0.1) is 11.8 Å². The molecule has 1 aliphatic carbocycles. The number of furan rings is 1. The Balaban J connectivity index is 1.87. The average molecular weight is 222 g/mol. The number of carbonyl (C=O) groups is 1. The van der Waals surface area contributed by atoms with Crippen LogP contribution in [0.4, 0.5) is 0 Å². The average Bonchev–Trinajstić information content (AvgIpc) is 2.89. The van der Waals surface area contributed by atoms with Crippen LogP contribution in [0.25, 0.3) is 0 Å². The molecule has 16 heavy (non-hydrogen) atoms. The third-order valence-electron chi connectivity index (χ3n) is 3.36. The highest BCUT2D eigenvalue weighted by Gasteiger charge is 2.41. The first kappa shape index (κ1) is 11.2. The molecule has 1 aliphatic rings. The van der Waals surface area contributed by atoms with E-state index in [0.29, 0.717) is 17.9 Å². The van der Waals surface area contributed by atoms with Gasteiger partial charge in [-0.1, -0.05) is 0 Å². The summed E-state index contributed by atoms with van der Waals surface area (Å²) in [5.41, 5.74) is 6.46. The minimum Gasteiger partial charge on any atom is -0.469 e. The van der Waals surface area contributed by atoms with Crippen molar-refractivity contribution in [1.29, 1.82) is 0 Å². The van der Waals surface area contributed by atoms with Gasteiger partial charge in [-0.3, -0.25) is 4.79 Å². The molecule has 0 atom stereocenters. The molecular weight excluding hydrogens is 204 g/mol. The first-order valence-corrected chi connectivity index (χ1v) is 5.69. The van der Waals surface area contributed by atoms with Gasteiger partial charge in [-0.25, -0.2) is 0 Å². The molecule has 3 N–H and O–H groups in total. The third-order valence-corrected chi connectivity index (χ3v) is 3.36. The summed E-state index contributed by atoms with van der Waals surface area (Å²) in [6.45, 7) is 3.22. The molecule has 1 saturated carbocycles. The van der Waals surface area contributed by atoms with Gasteiger partial charge >= 0.3 is 0 Å². The number of carbonyl (C=O) groups excluding carboxylic acids is 1. The van der Waals surface area contributed by atoms with E-state index in [-0.39, 0.29) is 11.3 Å². The molecule has 0 radical (unpaired) electrons. The van der Waals surface area contributed by atoms with Crippen LogP contribution in [0.3, 0.4) is 0 Å². The normalized spacial score (nSPS) is 17.1. The highest BCUT2D eigenvalue weighted by molar-refractivity contribution is 5.95. The standard InChI is InChI=1S/C12H18N2O2/c1-9-10(2-7-16-9)11(15)14-8-12(3-4-12)5-6-13/h2,7H,3-6,8,13H2,1H3,(H,14,15). The van der Waals surface area contributed by atoms with Crippen LogP contribution in [0.15, 0.2) is 16.7 Å². The molecule has 1 aromatic heterocycles. The Hall–Kier alpha value is -1.29. The van der Waals surface area contributed by atoms with Crippen LogP contribution in [-0.4, -0.2) is 19.0 Å². The maximum absolute atomic E-state index is 11.8. The molecule has 1 amide bonds. The molecule has 0 saturated heterocycles. The topological polar surface area (TPSA) is 68.3 Å². The molecule has 88 valence electrons. The van der Waals surface area contributed by atoms with Gasteiger partial charge in [0.1, 0.15) is 5.76 Å². The molecule has 0 spiro atoms. The fraction of sp³-hybridized carbons (Fsp3) is 0.583. The first-order chi connectivity index (χ1) is 7.67. The second kappa shape index (κ2) is 4.29. The van der Waals surface area contributed by atoms with E-state index in [1.54, 1.807) is 13.0 Å². The van der Waals surface area contributed by atoms with E-state index in [2.05, 4.69) is 5.32 Å². The van der Waals surface area contributed by atoms with Crippen LogP contribution in [0, 0.1) is 12.3 Å². The van der Waals surface area contributed by atoms with Gasteiger partial charge in [0.15, 0.2) is 0 Å². The van der Waals surface area contributed by atoms with Crippen LogP contribution in [0.5, 0.6) is 0 Å². The molecule has 0 unspecified atom stereocenters. The molecule has 0 aliphatic heterocycles. The minimum atomic E-state index is -0.0467. The van der Waals surface area contributed by atoms with Gasteiger partial charge in [-0.2, -0.15) is 0 Å². The predicted octanol–water partition coefficient (Wildman–Crippen LogP) is 1.45. The van der Waals surface area contributed by atoms with Crippen LogP contribution in [0.2, 0.25) is 0 Å². The van der Waals surface area contributed by atoms with Crippen LogP contribution >= 0.6 is 0 Å². The summed E-state index contributed by atoms with van der Waals surface area (Å²) >= 11 is 0. The van der Waals surface area contributed by atoms with E-state index in [4.69, 9.17) is 10.2 Å². The van der Waals surface area contributed by atoms with Crippen molar-refractivity contribution in [3.8, 4) is 0 Å². The predicted molar refractivity (Wildman–Crippen MR) is 61.1 cm³/mol. The summed E-state index contributed by atoms with van der Waals surface area (Å²) in [5, 5.41) is 2.96. The Kier molecular flexibility index (Phi) is 3.01. The molecule has 4 heteroatoms. The van der Waals surface area contributed by atoms with E-state index in [9.17, 15) is 4.79 Å². The van der Waals surface area contributed by atoms with E-state index >= 15 is 0 Å². The van der Waals surface area contributed by atoms with Gasteiger partial charge in [0.25, 0.3) is 5.91 Å². The van der Waals surface area contributed by atoms with Gasteiger partial charge in [0, 0.05) is 6.54 Å². The van der Waals surface area contributed by atoms with Gasteiger partial charge in [-0.05, 0) is 44.2 Å². The van der Waals surface area contributed by atoms with Crippen molar-refractivity contribution in [2.24, 2.45) is 11.1 Å². The summed E-state index contributed by atoms with van der Waals surface area (Å²) in [4.78, 5) is 11.8. The smallest absolute Gasteiger partial charge is 0.254 e. The fourth-order valence-electron chi connectivity index (χ4n) is 1.98. The summed E-state index contributed by atoms with van der Waals surface area (Å²) < 4.78 is 5.10. The van der Waals surface area contributed by atoms with Crippen LogP contribution < -0.4 is 11.1 Å². The van der Waals surface area contributed by atoms with Crippen molar-refractivity contribution in [2.45, 2.75) is 26.2 Å². The molecular formula is C12H18N2O2. The minimum absolute atomic E-state index is 0.0467. The van der Waals surface area contributed by atoms with Crippen LogP contribution in [-0.2, 0) is 0 Å². The van der Waals surface area contributed by atoms with Gasteiger partial charge in [0.2, 0.25) is 0 Å². The highest BCUT2D eigenvalue weighted by atomic mass is 16.3. The summed E-state index contributed by atoms with van der Waals surface area (Å²) in [7, 11) is 0. The molecule has 1 fully saturated rings. The highest BCUT2D eigenvalue weighted by Crippen LogP contribution is 2.47. The Morgan fingerprint density at radius 3 is 2.88 bits per heavy atom. The zero-order valence-corrected chi connectivity index (χ0v) is 9.58. The lowest BCUT2D eigenvalue weighted by Crippen LogP contribution is -2.31. The Morgan fingerprint density at radius 1 is 1.62 bits per heavy atom. The molecule has 4 nitrogen and oxygen atoms in total. The van der Waals surface area contributed by atoms with Gasteiger partial charge < -0.3 is 15.5 Å². The SMILES string of the molecule is Cc1occc1C(=O)NCC1(CCN)CC1. The van der Waals surface area contributed by atoms with Crippen molar-refractivity contribution in [2.75, 3.05) is 13.1 Å². The van der Waals surface area contributed by atoms with Crippen molar-refractivity contribution >= 4 is 5.91 Å². The molecule has 1 aromatic rings. The van der Waals surface area contributed by atoms with E-state index in [1.165, 1.54) is 19.1 Å². The molecule has 1 heterocycles. The van der Waals surface area contributed by atoms with Crippen molar-refractivity contribution < 1.29 is 9.21 Å². The molecule has 0 bridgehead atoms. The Morgan fingerprint density at radius 2 is 2.38 bits per heavy atom. The number of amides is 1. The lowest BCUT2D eigenvalue weighted by Gasteiger charge is -2.14. The largest absolute Gasteiger partial charge is 0.469 e. The zero-order valence-electron chi connectivity index (χ0n) is 9.58. The Labute approximate surface area is 95.2 Å². The lowest BCUT2D eigenvalue weighted by molar-refractivity contribution is 0.0942. The van der Waals surface area contributed by atoms with Gasteiger partial charge in [-0.15, -0.1) is 0 Å². The van der Waals surface area contributed by atoms with E-state index in [0.717, 1.165) is 13.0 Å². The van der Waals surface area contributed by atoms with Crippen molar-refractivity contribution in [3.63, 3.8) is 0 Å². The summed E-state index contributed by atoms with van der Waals surface area (Å²) in [6.07, 6.45) is 4.89. The maximum Gasteiger partial charge on any atom is 0.254 e. The Bertz CT molecular complexity index is 380. The number of nitrogens with two attached hydrogens (primary N) is 1. The summed E-state index contributed by atoms with van der Waals surface area (Å²) in [5.74, 6) is 0.621. The van der Waals surface area contributed by atoms with Crippen LogP contribution in [0.1, 0.15) is 35.4 Å². The lowest BCUT2D eigenvalue weighted by atomic mass is 10.0. The monoisotopic (exact) mass is 222 g/mol. The second-order valence-electron chi connectivity index (χ2n) is 4.61. The summed E-state index contributed by atoms with van der Waals surface area (Å²) in [6, 6.07) is 1.70. The molecule has 0 aromatic carbocycles. The number of aryl methyl sites for hydroxylation is 1. The van der Waals surface area contributed by atoms with E-state index in [1.807, 2.05) is 0 Å². The third kappa shape index (κ3) is 2.27. The number of hydrogen-bond acceptors (Lipinski definition) is 3. The first-order valence-electron chi connectivity index (χ1n) is 5.69. The fourth-order valence-corrected chi connectivity index (χ4v) is 1.98. The second-order valence-corrected chi connectivity index (χ2v) is 4.61. The zero-order chi connectivity index (χ0) is 11.6. The maximum atomic E-state index is 11.8. The number of nitrogens with one attached hydrogen (secondary N) is 1. The van der Waals surface area contributed by atoms with Crippen molar-refractivity contribution in [1.82, 2.24) is 5.32 Å². The quantitative estimate of drug-likeness (QED) is 0.792. The van der Waals surface area contributed by atoms with E-state index < -0.39 is 0 Å².